The fraction of sp³-hybridized carbons (Fsp3) is 0.471. The highest BCUT2D eigenvalue weighted by atomic mass is 16.5. The number of rotatable bonds is 4. The van der Waals surface area contributed by atoms with Crippen molar-refractivity contribution in [2.24, 2.45) is 5.92 Å². The monoisotopic (exact) mass is 327 g/mol. The number of carbonyl (C=O) groups excluding carboxylic acids is 1. The first-order valence-electron chi connectivity index (χ1n) is 8.36. The number of nitrogens with zero attached hydrogens (tertiary/aromatic N) is 4. The fourth-order valence-electron chi connectivity index (χ4n) is 2.94. The van der Waals surface area contributed by atoms with Crippen LogP contribution in [0.15, 0.2) is 36.9 Å². The first-order valence-corrected chi connectivity index (χ1v) is 8.36. The fourth-order valence-corrected chi connectivity index (χ4v) is 2.94. The van der Waals surface area contributed by atoms with Gasteiger partial charge >= 0.3 is 6.03 Å². The first-order chi connectivity index (χ1) is 11.8. The summed E-state index contributed by atoms with van der Waals surface area (Å²) in [5.74, 6) is 1.87. The predicted octanol–water partition coefficient (Wildman–Crippen LogP) is 1.66. The zero-order valence-electron chi connectivity index (χ0n) is 13.5. The van der Waals surface area contributed by atoms with Crippen LogP contribution in [0.5, 0.6) is 5.75 Å². The molecule has 126 valence electrons. The van der Waals surface area contributed by atoms with Crippen LogP contribution in [0.1, 0.15) is 18.7 Å². The van der Waals surface area contributed by atoms with E-state index in [0.717, 1.165) is 31.0 Å². The van der Waals surface area contributed by atoms with Gasteiger partial charge in [-0.1, -0.05) is 0 Å². The van der Waals surface area contributed by atoms with Crippen LogP contribution in [0.2, 0.25) is 0 Å². The molecule has 2 aromatic heterocycles. The van der Waals surface area contributed by atoms with Crippen molar-refractivity contribution in [3.8, 4) is 5.75 Å². The van der Waals surface area contributed by atoms with Crippen LogP contribution < -0.4 is 10.1 Å². The molecule has 0 saturated heterocycles. The molecule has 0 unspecified atom stereocenters. The van der Waals surface area contributed by atoms with Gasteiger partial charge in [-0.25, -0.2) is 9.78 Å². The molecule has 1 aliphatic carbocycles. The van der Waals surface area contributed by atoms with Gasteiger partial charge in [-0.15, -0.1) is 0 Å². The molecular weight excluding hydrogens is 306 g/mol. The summed E-state index contributed by atoms with van der Waals surface area (Å²) in [6.07, 6.45) is 9.35. The minimum absolute atomic E-state index is 0.000303. The third-order valence-electron chi connectivity index (χ3n) is 4.38. The number of fused-ring (bicyclic) bond motifs is 1. The average molecular weight is 327 g/mol. The Morgan fingerprint density at radius 1 is 1.33 bits per heavy atom. The van der Waals surface area contributed by atoms with E-state index >= 15 is 0 Å². The highest BCUT2D eigenvalue weighted by Gasteiger charge is 2.30. The van der Waals surface area contributed by atoms with Crippen LogP contribution in [0.4, 0.5) is 4.79 Å². The van der Waals surface area contributed by atoms with Crippen molar-refractivity contribution in [1.82, 2.24) is 24.8 Å². The topological polar surface area (TPSA) is 72.3 Å². The number of carbonyl (C=O) groups is 1. The van der Waals surface area contributed by atoms with Crippen LogP contribution in [0, 0.1) is 5.92 Å². The number of ether oxygens (including phenoxy) is 1. The lowest BCUT2D eigenvalue weighted by molar-refractivity contribution is 0.165. The molecule has 2 aromatic rings. The molecule has 1 saturated carbocycles. The zero-order chi connectivity index (χ0) is 16.4. The summed E-state index contributed by atoms with van der Waals surface area (Å²) < 4.78 is 7.97. The van der Waals surface area contributed by atoms with Crippen molar-refractivity contribution in [2.75, 3.05) is 13.2 Å². The van der Waals surface area contributed by atoms with E-state index < -0.39 is 0 Å². The molecule has 7 heteroatoms. The molecule has 3 heterocycles. The van der Waals surface area contributed by atoms with E-state index in [4.69, 9.17) is 4.74 Å². The van der Waals surface area contributed by atoms with Crippen LogP contribution in [-0.4, -0.2) is 44.7 Å². The van der Waals surface area contributed by atoms with Gasteiger partial charge in [-0.3, -0.25) is 4.98 Å². The number of imidazole rings is 1. The second-order valence-corrected chi connectivity index (χ2v) is 6.47. The predicted molar refractivity (Wildman–Crippen MR) is 87.4 cm³/mol. The van der Waals surface area contributed by atoms with E-state index in [2.05, 4.69) is 19.9 Å². The van der Waals surface area contributed by atoms with Gasteiger partial charge in [0.05, 0.1) is 19.3 Å². The zero-order valence-corrected chi connectivity index (χ0v) is 13.5. The molecule has 1 atom stereocenters. The Hall–Kier alpha value is -2.57. The Kier molecular flexibility index (Phi) is 4.06. The Morgan fingerprint density at radius 2 is 2.25 bits per heavy atom. The Balaban J connectivity index is 1.45. The number of nitrogens with one attached hydrogen (secondary N) is 1. The van der Waals surface area contributed by atoms with Gasteiger partial charge in [0.15, 0.2) is 0 Å². The Labute approximate surface area is 140 Å². The molecular formula is C17H21N5O2. The summed E-state index contributed by atoms with van der Waals surface area (Å²) in [4.78, 5) is 22.8. The van der Waals surface area contributed by atoms with E-state index in [1.807, 2.05) is 23.2 Å². The quantitative estimate of drug-likeness (QED) is 0.927. The van der Waals surface area contributed by atoms with Crippen molar-refractivity contribution in [2.45, 2.75) is 32.0 Å². The maximum absolute atomic E-state index is 12.5. The number of hydrogen-bond donors (Lipinski definition) is 1. The van der Waals surface area contributed by atoms with E-state index in [9.17, 15) is 4.79 Å². The van der Waals surface area contributed by atoms with E-state index in [1.165, 1.54) is 0 Å². The van der Waals surface area contributed by atoms with Crippen molar-refractivity contribution >= 4 is 6.03 Å². The number of hydrogen-bond acceptors (Lipinski definition) is 4. The summed E-state index contributed by atoms with van der Waals surface area (Å²) in [7, 11) is 0. The Bertz CT molecular complexity index is 698. The standard InChI is InChI=1S/C17H21N5O2/c23-17(20-14-3-4-14)22-10-13(9-21-7-6-19-16(21)11-22)12-24-15-2-1-5-18-8-15/h1-2,5-8,13-14H,3-4,9-12H2,(H,20,23)/t13-/m1/s1. The SMILES string of the molecule is O=C(NC1CC1)N1Cc2nccn2C[C@@H](COc2cccnc2)C1. The molecule has 24 heavy (non-hydrogen) atoms. The lowest BCUT2D eigenvalue weighted by Crippen LogP contribution is -2.43. The van der Waals surface area contributed by atoms with Crippen LogP contribution in [0.25, 0.3) is 0 Å². The van der Waals surface area contributed by atoms with Crippen LogP contribution in [-0.2, 0) is 13.1 Å². The van der Waals surface area contributed by atoms with Gasteiger partial charge in [-0.05, 0) is 25.0 Å². The summed E-state index contributed by atoms with van der Waals surface area (Å²) in [5, 5.41) is 3.07. The van der Waals surface area contributed by atoms with Gasteiger partial charge < -0.3 is 19.5 Å². The molecule has 0 radical (unpaired) electrons. The Morgan fingerprint density at radius 3 is 3.04 bits per heavy atom. The van der Waals surface area contributed by atoms with Gasteiger partial charge in [0.25, 0.3) is 0 Å². The molecule has 0 spiro atoms. The molecule has 0 aromatic carbocycles. The molecule has 1 N–H and O–H groups in total. The third kappa shape index (κ3) is 3.50. The van der Waals surface area contributed by atoms with Crippen molar-refractivity contribution in [3.05, 3.63) is 42.7 Å². The molecule has 4 rings (SSSR count). The molecule has 2 amide bonds. The summed E-state index contributed by atoms with van der Waals surface area (Å²) >= 11 is 0. The summed E-state index contributed by atoms with van der Waals surface area (Å²) in [5.41, 5.74) is 0. The smallest absolute Gasteiger partial charge is 0.318 e. The van der Waals surface area contributed by atoms with Crippen LogP contribution in [0.3, 0.4) is 0 Å². The van der Waals surface area contributed by atoms with Crippen molar-refractivity contribution < 1.29 is 9.53 Å². The second-order valence-electron chi connectivity index (χ2n) is 6.47. The van der Waals surface area contributed by atoms with E-state index in [-0.39, 0.29) is 11.9 Å². The van der Waals surface area contributed by atoms with E-state index in [0.29, 0.717) is 25.7 Å². The first kappa shape index (κ1) is 15.0. The summed E-state index contributed by atoms with van der Waals surface area (Å²) in [6, 6.07) is 4.10. The van der Waals surface area contributed by atoms with Gasteiger partial charge in [0, 0.05) is 43.6 Å². The molecule has 1 aliphatic heterocycles. The van der Waals surface area contributed by atoms with Crippen LogP contribution >= 0.6 is 0 Å². The van der Waals surface area contributed by atoms with Crippen molar-refractivity contribution in [1.29, 1.82) is 0 Å². The lowest BCUT2D eigenvalue weighted by Gasteiger charge is -2.24. The van der Waals surface area contributed by atoms with E-state index in [1.54, 1.807) is 18.6 Å². The maximum atomic E-state index is 12.5. The molecule has 1 fully saturated rings. The second kappa shape index (κ2) is 6.51. The van der Waals surface area contributed by atoms with Gasteiger partial charge in [0.1, 0.15) is 11.6 Å². The molecule has 2 aliphatic rings. The number of aromatic nitrogens is 3. The number of amides is 2. The number of pyridine rings is 1. The minimum atomic E-state index is 0.000303. The highest BCUT2D eigenvalue weighted by molar-refractivity contribution is 5.74. The van der Waals surface area contributed by atoms with Gasteiger partial charge in [0.2, 0.25) is 0 Å². The minimum Gasteiger partial charge on any atom is -0.492 e. The van der Waals surface area contributed by atoms with Gasteiger partial charge in [-0.2, -0.15) is 0 Å². The highest BCUT2D eigenvalue weighted by Crippen LogP contribution is 2.21. The average Bonchev–Trinajstić information content (AvgIpc) is 3.35. The number of urea groups is 1. The summed E-state index contributed by atoms with van der Waals surface area (Å²) in [6.45, 7) is 2.52. The maximum Gasteiger partial charge on any atom is 0.318 e. The largest absolute Gasteiger partial charge is 0.492 e. The van der Waals surface area contributed by atoms with Crippen molar-refractivity contribution in [3.63, 3.8) is 0 Å². The third-order valence-corrected chi connectivity index (χ3v) is 4.38. The molecule has 0 bridgehead atoms. The normalized spacial score (nSPS) is 20.2. The lowest BCUT2D eigenvalue weighted by atomic mass is 10.1. The molecule has 7 nitrogen and oxygen atoms in total.